The summed E-state index contributed by atoms with van der Waals surface area (Å²) in [5.41, 5.74) is 0. The molecule has 62 heavy (non-hydrogen) atoms. The minimum absolute atomic E-state index is 0.0879. The number of ether oxygens (including phenoxy) is 4. The van der Waals surface area contributed by atoms with Gasteiger partial charge in [0.2, 0.25) is 0 Å². The number of aliphatic hydroxyl groups is 3. The lowest BCUT2D eigenvalue weighted by atomic mass is 10.00. The van der Waals surface area contributed by atoms with Gasteiger partial charge in [0.15, 0.2) is 12.4 Å². The largest absolute Gasteiger partial charge is 0.462 e. The summed E-state index contributed by atoms with van der Waals surface area (Å²) in [5, 5.41) is 30.9. The maximum atomic E-state index is 12.8. The van der Waals surface area contributed by atoms with Crippen molar-refractivity contribution in [1.29, 1.82) is 0 Å². The highest BCUT2D eigenvalue weighted by Crippen LogP contribution is 2.24. The summed E-state index contributed by atoms with van der Waals surface area (Å²) in [6.45, 7) is 3.68. The molecule has 2 unspecified atom stereocenters. The second-order valence-corrected chi connectivity index (χ2v) is 17.9. The molecule has 4 N–H and O–H groups in total. The lowest BCUT2D eigenvalue weighted by molar-refractivity contribution is -0.297. The number of rotatable bonds is 39. The van der Waals surface area contributed by atoms with Crippen molar-refractivity contribution >= 4 is 22.1 Å². The average molecular weight is 897 g/mol. The molecule has 0 aromatic heterocycles. The normalized spacial score (nSPS) is 20.4. The summed E-state index contributed by atoms with van der Waals surface area (Å²) >= 11 is 0. The lowest BCUT2D eigenvalue weighted by Gasteiger charge is -2.40. The highest BCUT2D eigenvalue weighted by Gasteiger charge is 2.46. The van der Waals surface area contributed by atoms with Crippen LogP contribution in [-0.2, 0) is 38.7 Å². The van der Waals surface area contributed by atoms with Crippen LogP contribution in [0.25, 0.3) is 0 Å². The molecule has 0 radical (unpaired) electrons. The number of hydrogen-bond donors (Lipinski definition) is 4. The zero-order valence-electron chi connectivity index (χ0n) is 38.2. The summed E-state index contributed by atoms with van der Waals surface area (Å²) in [5.74, 6) is -2.11. The standard InChI is InChI=1S/C49H84O12S/c1-3-5-7-9-11-13-15-17-19-21-23-25-27-29-31-33-35-37-44(50)58-39-42(40-59-49-48(54)47(53)46(52)43(61-49)41-62(55,56)57)60-45(51)38-36-34-32-30-28-26-24-22-20-18-16-14-12-10-8-6-4-2/h17,19,23-26,29-32,42-43,46-49,52-54H,3-16,18,20-22,27-28,33-41H2,1-2H3,(H,55,56,57)/b19-17+,25-23+,26-24+,31-29+,32-30+/t42-,43-,46-,47?,48?,49+/m1/s1. The van der Waals surface area contributed by atoms with Crippen molar-refractivity contribution in [2.75, 3.05) is 19.0 Å². The van der Waals surface area contributed by atoms with Crippen molar-refractivity contribution in [3.63, 3.8) is 0 Å². The maximum Gasteiger partial charge on any atom is 0.306 e. The van der Waals surface area contributed by atoms with Gasteiger partial charge in [-0.25, -0.2) is 0 Å². The Morgan fingerprint density at radius 2 is 0.968 bits per heavy atom. The predicted octanol–water partition coefficient (Wildman–Crippen LogP) is 10.1. The topological polar surface area (TPSA) is 186 Å². The van der Waals surface area contributed by atoms with Crippen LogP contribution < -0.4 is 0 Å². The van der Waals surface area contributed by atoms with Crippen LogP contribution in [0.5, 0.6) is 0 Å². The van der Waals surface area contributed by atoms with Crippen molar-refractivity contribution in [2.24, 2.45) is 0 Å². The molecule has 0 spiro atoms. The Hall–Kier alpha value is -2.65. The molecule has 0 aromatic rings. The Morgan fingerprint density at radius 1 is 0.548 bits per heavy atom. The monoisotopic (exact) mass is 897 g/mol. The first-order valence-electron chi connectivity index (χ1n) is 23.8. The first kappa shape index (κ1) is 57.4. The number of esters is 2. The second-order valence-electron chi connectivity index (χ2n) is 16.4. The van der Waals surface area contributed by atoms with E-state index in [0.717, 1.165) is 32.1 Å². The molecule has 0 aromatic carbocycles. The minimum atomic E-state index is -4.62. The second kappa shape index (κ2) is 38.8. The molecule has 1 rings (SSSR count). The van der Waals surface area contributed by atoms with E-state index >= 15 is 0 Å². The summed E-state index contributed by atoms with van der Waals surface area (Å²) in [6, 6.07) is 0. The molecule has 1 fully saturated rings. The van der Waals surface area contributed by atoms with Gasteiger partial charge >= 0.3 is 11.9 Å². The minimum Gasteiger partial charge on any atom is -0.462 e. The van der Waals surface area contributed by atoms with Gasteiger partial charge in [-0.05, 0) is 70.6 Å². The fourth-order valence-corrected chi connectivity index (χ4v) is 7.54. The summed E-state index contributed by atoms with van der Waals surface area (Å²) < 4.78 is 54.0. The molecular formula is C49H84O12S. The van der Waals surface area contributed by atoms with Crippen LogP contribution in [0.2, 0.25) is 0 Å². The number of unbranched alkanes of at least 4 members (excludes halogenated alkanes) is 17. The summed E-state index contributed by atoms with van der Waals surface area (Å²) in [6.07, 6.45) is 38.5. The third-order valence-electron chi connectivity index (χ3n) is 10.6. The molecule has 12 nitrogen and oxygen atoms in total. The van der Waals surface area contributed by atoms with Gasteiger partial charge in [-0.15, -0.1) is 0 Å². The van der Waals surface area contributed by atoms with Crippen LogP contribution in [0.3, 0.4) is 0 Å². The first-order valence-corrected chi connectivity index (χ1v) is 25.5. The average Bonchev–Trinajstić information content (AvgIpc) is 3.24. The van der Waals surface area contributed by atoms with E-state index in [1.165, 1.54) is 96.3 Å². The fraction of sp³-hybridized carbons (Fsp3) is 0.755. The molecule has 13 heteroatoms. The molecule has 358 valence electrons. The van der Waals surface area contributed by atoms with E-state index in [0.29, 0.717) is 25.7 Å². The molecule has 6 atom stereocenters. The number of hydrogen-bond acceptors (Lipinski definition) is 11. The van der Waals surface area contributed by atoms with E-state index in [4.69, 9.17) is 18.9 Å². The maximum absolute atomic E-state index is 12.8. The van der Waals surface area contributed by atoms with E-state index in [2.05, 4.69) is 62.5 Å². The van der Waals surface area contributed by atoms with Crippen molar-refractivity contribution < 1.29 is 56.8 Å². The van der Waals surface area contributed by atoms with E-state index in [-0.39, 0.29) is 19.4 Å². The van der Waals surface area contributed by atoms with Gasteiger partial charge in [-0.1, -0.05) is 158 Å². The van der Waals surface area contributed by atoms with Gasteiger partial charge in [-0.2, -0.15) is 8.42 Å². The molecule has 0 saturated carbocycles. The molecule has 1 saturated heterocycles. The molecule has 0 aliphatic carbocycles. The molecule has 1 heterocycles. The van der Waals surface area contributed by atoms with E-state index in [9.17, 15) is 37.9 Å². The third kappa shape index (κ3) is 32.9. The number of carbonyl (C=O) groups excluding carboxylic acids is 2. The van der Waals surface area contributed by atoms with Gasteiger partial charge in [-0.3, -0.25) is 14.1 Å². The van der Waals surface area contributed by atoms with E-state index in [1.807, 2.05) is 12.2 Å². The predicted molar refractivity (Wildman–Crippen MR) is 247 cm³/mol. The number of carbonyl (C=O) groups is 2. The van der Waals surface area contributed by atoms with E-state index < -0.39 is 71.2 Å². The quantitative estimate of drug-likeness (QED) is 0.0198. The Morgan fingerprint density at radius 3 is 1.44 bits per heavy atom. The molecule has 1 aliphatic rings. The smallest absolute Gasteiger partial charge is 0.306 e. The van der Waals surface area contributed by atoms with Gasteiger partial charge in [0, 0.05) is 12.8 Å². The van der Waals surface area contributed by atoms with Crippen molar-refractivity contribution in [3.8, 4) is 0 Å². The Kier molecular flexibility index (Phi) is 35.9. The molecule has 0 bridgehead atoms. The SMILES string of the molecule is CCCCCCCC/C=C/C/C=C/C/C=C/CCCC(=O)OC[C@H](CO[C@H]1O[C@H](CS(=O)(=O)O)[C@@H](O)C(O)C1O)OC(=O)CCC/C=C/C/C=C/CCCCCCCCCCC. The Labute approximate surface area is 375 Å². The zero-order chi connectivity index (χ0) is 45.5. The van der Waals surface area contributed by atoms with Crippen LogP contribution in [-0.4, -0.2) is 96.0 Å². The highest BCUT2D eigenvalue weighted by atomic mass is 32.2. The van der Waals surface area contributed by atoms with Crippen LogP contribution in [0, 0.1) is 0 Å². The van der Waals surface area contributed by atoms with Crippen LogP contribution >= 0.6 is 0 Å². The fourth-order valence-electron chi connectivity index (χ4n) is 6.85. The molecule has 0 amide bonds. The molecule has 1 aliphatic heterocycles. The van der Waals surface area contributed by atoms with Crippen molar-refractivity contribution in [3.05, 3.63) is 60.8 Å². The lowest BCUT2D eigenvalue weighted by Crippen LogP contribution is -2.60. The number of allylic oxidation sites excluding steroid dienone is 10. The van der Waals surface area contributed by atoms with Gasteiger partial charge < -0.3 is 34.3 Å². The van der Waals surface area contributed by atoms with Crippen LogP contribution in [0.1, 0.15) is 181 Å². The van der Waals surface area contributed by atoms with Crippen LogP contribution in [0.15, 0.2) is 60.8 Å². The van der Waals surface area contributed by atoms with Gasteiger partial charge in [0.05, 0.1) is 6.61 Å². The molecular weight excluding hydrogens is 813 g/mol. The highest BCUT2D eigenvalue weighted by molar-refractivity contribution is 7.85. The first-order chi connectivity index (χ1) is 30.0. The van der Waals surface area contributed by atoms with Crippen LogP contribution in [0.4, 0.5) is 0 Å². The Balaban J connectivity index is 2.50. The summed E-state index contributed by atoms with van der Waals surface area (Å²) in [7, 11) is -4.62. The van der Waals surface area contributed by atoms with Gasteiger partial charge in [0.1, 0.15) is 36.8 Å². The van der Waals surface area contributed by atoms with Crippen molar-refractivity contribution in [2.45, 2.75) is 218 Å². The Bertz CT molecular complexity index is 1370. The van der Waals surface area contributed by atoms with E-state index in [1.54, 1.807) is 0 Å². The summed E-state index contributed by atoms with van der Waals surface area (Å²) in [4.78, 5) is 25.4. The zero-order valence-corrected chi connectivity index (χ0v) is 39.0. The number of aliphatic hydroxyl groups excluding tert-OH is 3. The van der Waals surface area contributed by atoms with Gasteiger partial charge in [0.25, 0.3) is 10.1 Å². The third-order valence-corrected chi connectivity index (χ3v) is 11.3. The van der Waals surface area contributed by atoms with Crippen molar-refractivity contribution in [1.82, 2.24) is 0 Å².